The van der Waals surface area contributed by atoms with E-state index in [4.69, 9.17) is 4.74 Å². The number of non-ortho nitro benzene ring substituents is 1. The predicted molar refractivity (Wildman–Crippen MR) is 73.9 cm³/mol. The number of carbonyl (C=O) groups is 1. The summed E-state index contributed by atoms with van der Waals surface area (Å²) in [4.78, 5) is 22.3. The summed E-state index contributed by atoms with van der Waals surface area (Å²) in [5.41, 5.74) is 0.367. The van der Waals surface area contributed by atoms with E-state index >= 15 is 0 Å². The van der Waals surface area contributed by atoms with Gasteiger partial charge in [0.25, 0.3) is 5.69 Å². The molecule has 2 N–H and O–H groups in total. The summed E-state index contributed by atoms with van der Waals surface area (Å²) in [6.45, 7) is 0.829. The number of ether oxygens (including phenoxy) is 1. The zero-order valence-electron chi connectivity index (χ0n) is 11.2. The molecule has 2 rings (SSSR count). The molecule has 7 nitrogen and oxygen atoms in total. The van der Waals surface area contributed by atoms with E-state index in [1.54, 1.807) is 0 Å². The van der Waals surface area contributed by atoms with E-state index in [0.717, 1.165) is 25.8 Å². The van der Waals surface area contributed by atoms with Gasteiger partial charge in [0.05, 0.1) is 29.8 Å². The number of amides is 1. The Morgan fingerprint density at radius 2 is 2.30 bits per heavy atom. The van der Waals surface area contributed by atoms with Crippen LogP contribution in [0.5, 0.6) is 5.75 Å². The molecule has 0 saturated carbocycles. The van der Waals surface area contributed by atoms with Crippen LogP contribution in [0.3, 0.4) is 0 Å². The number of rotatable bonds is 4. The summed E-state index contributed by atoms with van der Waals surface area (Å²) < 4.78 is 5.08. The minimum atomic E-state index is -0.503. The van der Waals surface area contributed by atoms with Crippen LogP contribution in [0, 0.1) is 10.1 Å². The van der Waals surface area contributed by atoms with Crippen molar-refractivity contribution in [3.8, 4) is 5.75 Å². The number of piperidine rings is 1. The lowest BCUT2D eigenvalue weighted by Crippen LogP contribution is -2.43. The van der Waals surface area contributed by atoms with Crippen molar-refractivity contribution in [2.75, 3.05) is 19.0 Å². The molecule has 1 amide bonds. The maximum Gasteiger partial charge on any atom is 0.273 e. The highest BCUT2D eigenvalue weighted by atomic mass is 16.6. The number of nitrogens with zero attached hydrogens (tertiary/aromatic N) is 1. The molecule has 1 aromatic carbocycles. The molecule has 0 bridgehead atoms. The fourth-order valence-electron chi connectivity index (χ4n) is 2.19. The van der Waals surface area contributed by atoms with E-state index in [1.165, 1.54) is 25.3 Å². The fraction of sp³-hybridized carbons (Fsp3) is 0.462. The number of nitro benzene ring substituents is 1. The first-order valence-electron chi connectivity index (χ1n) is 6.48. The molecule has 1 fully saturated rings. The zero-order valence-corrected chi connectivity index (χ0v) is 11.2. The van der Waals surface area contributed by atoms with Gasteiger partial charge in [0.1, 0.15) is 5.75 Å². The molecule has 1 heterocycles. The summed E-state index contributed by atoms with van der Waals surface area (Å²) in [5.74, 6) is 0.139. The smallest absolute Gasteiger partial charge is 0.273 e. The quantitative estimate of drug-likeness (QED) is 0.646. The Labute approximate surface area is 116 Å². The van der Waals surface area contributed by atoms with E-state index in [2.05, 4.69) is 10.6 Å². The van der Waals surface area contributed by atoms with Crippen LogP contribution in [0.15, 0.2) is 18.2 Å². The SMILES string of the molecule is COc1cc([N+](=O)[O-])ccc1NC(=O)[C@H]1CCCCN1. The highest BCUT2D eigenvalue weighted by molar-refractivity contribution is 5.96. The molecular weight excluding hydrogens is 262 g/mol. The number of methoxy groups -OCH3 is 1. The van der Waals surface area contributed by atoms with Crippen molar-refractivity contribution in [3.05, 3.63) is 28.3 Å². The molecule has 108 valence electrons. The van der Waals surface area contributed by atoms with Gasteiger partial charge in [0, 0.05) is 6.07 Å². The summed E-state index contributed by atoms with van der Waals surface area (Å²) >= 11 is 0. The largest absolute Gasteiger partial charge is 0.494 e. The van der Waals surface area contributed by atoms with Crippen molar-refractivity contribution in [2.45, 2.75) is 25.3 Å². The predicted octanol–water partition coefficient (Wildman–Crippen LogP) is 1.68. The van der Waals surface area contributed by atoms with Gasteiger partial charge in [-0.1, -0.05) is 6.42 Å². The molecule has 1 saturated heterocycles. The van der Waals surface area contributed by atoms with Crippen molar-refractivity contribution in [2.24, 2.45) is 0 Å². The lowest BCUT2D eigenvalue weighted by Gasteiger charge is -2.22. The summed E-state index contributed by atoms with van der Waals surface area (Å²) in [7, 11) is 1.41. The summed E-state index contributed by atoms with van der Waals surface area (Å²) in [5, 5.41) is 16.6. The van der Waals surface area contributed by atoms with Crippen LogP contribution in [-0.4, -0.2) is 30.5 Å². The zero-order chi connectivity index (χ0) is 14.5. The Morgan fingerprint density at radius 3 is 2.90 bits per heavy atom. The Morgan fingerprint density at radius 1 is 1.50 bits per heavy atom. The second kappa shape index (κ2) is 6.33. The lowest BCUT2D eigenvalue weighted by molar-refractivity contribution is -0.384. The molecule has 7 heteroatoms. The molecule has 20 heavy (non-hydrogen) atoms. The van der Waals surface area contributed by atoms with Crippen LogP contribution in [0.4, 0.5) is 11.4 Å². The van der Waals surface area contributed by atoms with Gasteiger partial charge in [-0.2, -0.15) is 0 Å². The maximum atomic E-state index is 12.1. The van der Waals surface area contributed by atoms with Crippen LogP contribution in [0.25, 0.3) is 0 Å². The molecule has 1 aromatic rings. The van der Waals surface area contributed by atoms with Crippen LogP contribution < -0.4 is 15.4 Å². The summed E-state index contributed by atoms with van der Waals surface area (Å²) in [6.07, 6.45) is 2.88. The van der Waals surface area contributed by atoms with Crippen LogP contribution in [0.1, 0.15) is 19.3 Å². The monoisotopic (exact) mass is 279 g/mol. The van der Waals surface area contributed by atoms with E-state index in [0.29, 0.717) is 5.69 Å². The third kappa shape index (κ3) is 3.24. The molecule has 1 aliphatic heterocycles. The van der Waals surface area contributed by atoms with E-state index in [1.807, 2.05) is 0 Å². The first-order chi connectivity index (χ1) is 9.61. The Hall–Kier alpha value is -2.15. The highest BCUT2D eigenvalue weighted by Gasteiger charge is 2.22. The number of hydrogen-bond donors (Lipinski definition) is 2. The second-order valence-corrected chi connectivity index (χ2v) is 4.63. The summed E-state index contributed by atoms with van der Waals surface area (Å²) in [6, 6.07) is 3.90. The second-order valence-electron chi connectivity index (χ2n) is 4.63. The average Bonchev–Trinajstić information content (AvgIpc) is 2.48. The third-order valence-electron chi connectivity index (χ3n) is 3.28. The van der Waals surface area contributed by atoms with Crippen molar-refractivity contribution in [1.82, 2.24) is 5.32 Å². The van der Waals surface area contributed by atoms with Gasteiger partial charge in [-0.3, -0.25) is 14.9 Å². The number of nitrogens with one attached hydrogen (secondary N) is 2. The van der Waals surface area contributed by atoms with Crippen molar-refractivity contribution in [3.63, 3.8) is 0 Å². The minimum absolute atomic E-state index is 0.0735. The number of nitro groups is 1. The van der Waals surface area contributed by atoms with Crippen molar-refractivity contribution in [1.29, 1.82) is 0 Å². The number of hydrogen-bond acceptors (Lipinski definition) is 5. The number of benzene rings is 1. The Balaban J connectivity index is 2.11. The fourth-order valence-corrected chi connectivity index (χ4v) is 2.19. The Kier molecular flexibility index (Phi) is 4.52. The van der Waals surface area contributed by atoms with Gasteiger partial charge >= 0.3 is 0 Å². The Bertz CT molecular complexity index is 512. The highest BCUT2D eigenvalue weighted by Crippen LogP contribution is 2.29. The van der Waals surface area contributed by atoms with Crippen LogP contribution in [0.2, 0.25) is 0 Å². The van der Waals surface area contributed by atoms with E-state index in [-0.39, 0.29) is 23.4 Å². The molecule has 0 aliphatic carbocycles. The minimum Gasteiger partial charge on any atom is -0.494 e. The molecule has 0 spiro atoms. The topological polar surface area (TPSA) is 93.5 Å². The standard InChI is InChI=1S/C13H17N3O4/c1-20-12-8-9(16(18)19)5-6-10(12)15-13(17)11-4-2-3-7-14-11/h5-6,8,11,14H,2-4,7H2,1H3,(H,15,17)/t11-/m1/s1. The van der Waals surface area contributed by atoms with Gasteiger partial charge in [0.15, 0.2) is 0 Å². The van der Waals surface area contributed by atoms with Crippen molar-refractivity contribution < 1.29 is 14.5 Å². The van der Waals surface area contributed by atoms with Crippen LogP contribution >= 0.6 is 0 Å². The lowest BCUT2D eigenvalue weighted by atomic mass is 10.0. The first-order valence-corrected chi connectivity index (χ1v) is 6.48. The van der Waals surface area contributed by atoms with Gasteiger partial charge in [0.2, 0.25) is 5.91 Å². The van der Waals surface area contributed by atoms with E-state index in [9.17, 15) is 14.9 Å². The molecule has 1 aliphatic rings. The molecular formula is C13H17N3O4. The van der Waals surface area contributed by atoms with Gasteiger partial charge in [-0.15, -0.1) is 0 Å². The third-order valence-corrected chi connectivity index (χ3v) is 3.28. The normalized spacial score (nSPS) is 18.4. The maximum absolute atomic E-state index is 12.1. The van der Waals surface area contributed by atoms with Gasteiger partial charge < -0.3 is 15.4 Å². The number of anilines is 1. The van der Waals surface area contributed by atoms with Gasteiger partial charge in [-0.25, -0.2) is 0 Å². The average molecular weight is 279 g/mol. The molecule has 0 unspecified atom stereocenters. The van der Waals surface area contributed by atoms with Gasteiger partial charge in [-0.05, 0) is 25.5 Å². The van der Waals surface area contributed by atoms with Crippen LogP contribution in [-0.2, 0) is 4.79 Å². The molecule has 0 aromatic heterocycles. The molecule has 0 radical (unpaired) electrons. The van der Waals surface area contributed by atoms with Crippen molar-refractivity contribution >= 4 is 17.3 Å². The first kappa shape index (κ1) is 14.3. The van der Waals surface area contributed by atoms with E-state index < -0.39 is 4.92 Å². The number of carbonyl (C=O) groups excluding carboxylic acids is 1. The molecule has 1 atom stereocenters.